The van der Waals surface area contributed by atoms with Crippen molar-refractivity contribution in [2.24, 2.45) is 0 Å². The van der Waals surface area contributed by atoms with Gasteiger partial charge in [0.05, 0.1) is 24.9 Å². The van der Waals surface area contributed by atoms with E-state index in [4.69, 9.17) is 9.84 Å². The number of methoxy groups -OCH3 is 1. The number of anilines is 1. The molecule has 8 heteroatoms. The van der Waals surface area contributed by atoms with E-state index in [1.54, 1.807) is 0 Å². The zero-order chi connectivity index (χ0) is 14.4. The molecule has 1 aromatic carbocycles. The number of hydrogen-bond acceptors (Lipinski definition) is 3. The number of nitrogens with one attached hydrogen (secondary N) is 2. The fraction of sp³-hybridized carbons (Fsp3) is 0.273. The van der Waals surface area contributed by atoms with Gasteiger partial charge in [-0.15, -0.1) is 0 Å². The van der Waals surface area contributed by atoms with Crippen LogP contribution in [0.3, 0.4) is 0 Å². The predicted octanol–water partition coefficient (Wildman–Crippen LogP) is 1.78. The molecule has 0 aliphatic heterocycles. The zero-order valence-corrected chi connectivity index (χ0v) is 9.94. The van der Waals surface area contributed by atoms with Gasteiger partial charge in [-0.25, -0.2) is 18.4 Å². The molecule has 0 aliphatic rings. The second-order valence-corrected chi connectivity index (χ2v) is 3.45. The summed E-state index contributed by atoms with van der Waals surface area (Å²) in [7, 11) is 1.33. The Morgan fingerprint density at radius 2 is 2.11 bits per heavy atom. The van der Waals surface area contributed by atoms with Crippen LogP contribution in [0, 0.1) is 0 Å². The largest absolute Gasteiger partial charge is 0.495 e. The molecule has 0 bridgehead atoms. The maximum atomic E-state index is 11.9. The minimum atomic E-state index is -2.67. The van der Waals surface area contributed by atoms with E-state index in [1.165, 1.54) is 25.3 Å². The third-order valence-corrected chi connectivity index (χ3v) is 2.11. The van der Waals surface area contributed by atoms with Crippen molar-refractivity contribution in [3.63, 3.8) is 0 Å². The highest BCUT2D eigenvalue weighted by atomic mass is 19.3. The molecule has 0 radical (unpaired) electrons. The second kappa shape index (κ2) is 6.53. The van der Waals surface area contributed by atoms with Crippen molar-refractivity contribution in [3.05, 3.63) is 23.8 Å². The molecule has 0 aromatic heterocycles. The summed E-state index contributed by atoms with van der Waals surface area (Å²) in [5.41, 5.74) is 0.0131. The fourth-order valence-corrected chi connectivity index (χ4v) is 1.28. The van der Waals surface area contributed by atoms with Crippen LogP contribution in [-0.2, 0) is 0 Å². The molecule has 6 nitrogen and oxygen atoms in total. The number of benzene rings is 1. The van der Waals surface area contributed by atoms with Crippen LogP contribution < -0.4 is 15.4 Å². The molecule has 0 aliphatic carbocycles. The van der Waals surface area contributed by atoms with E-state index in [2.05, 4.69) is 5.32 Å². The van der Waals surface area contributed by atoms with Crippen LogP contribution in [-0.4, -0.2) is 37.2 Å². The molecule has 104 valence electrons. The van der Waals surface area contributed by atoms with Gasteiger partial charge in [0.2, 0.25) is 0 Å². The van der Waals surface area contributed by atoms with E-state index in [0.29, 0.717) is 0 Å². The van der Waals surface area contributed by atoms with E-state index in [0.717, 1.165) is 0 Å². The first-order valence-corrected chi connectivity index (χ1v) is 5.18. The number of rotatable bonds is 5. The van der Waals surface area contributed by atoms with Gasteiger partial charge >= 0.3 is 12.0 Å². The smallest absolute Gasteiger partial charge is 0.335 e. The minimum absolute atomic E-state index is 0.0649. The van der Waals surface area contributed by atoms with E-state index in [9.17, 15) is 18.4 Å². The van der Waals surface area contributed by atoms with Gasteiger partial charge < -0.3 is 20.5 Å². The number of urea groups is 1. The number of carbonyl (C=O) groups is 2. The molecule has 3 N–H and O–H groups in total. The monoisotopic (exact) mass is 274 g/mol. The molecule has 0 heterocycles. The van der Waals surface area contributed by atoms with E-state index in [1.807, 2.05) is 5.32 Å². The van der Waals surface area contributed by atoms with Gasteiger partial charge in [0.15, 0.2) is 0 Å². The summed E-state index contributed by atoms with van der Waals surface area (Å²) in [5.74, 6) is -0.962. The molecule has 2 amide bonds. The molecule has 0 unspecified atom stereocenters. The third-order valence-electron chi connectivity index (χ3n) is 2.11. The summed E-state index contributed by atoms with van der Waals surface area (Å²) in [6, 6.07) is 2.94. The van der Waals surface area contributed by atoms with Gasteiger partial charge in [0.1, 0.15) is 5.75 Å². The lowest BCUT2D eigenvalue weighted by atomic mass is 10.2. The van der Waals surface area contributed by atoms with Crippen LogP contribution in [0.4, 0.5) is 19.3 Å². The van der Waals surface area contributed by atoms with Crippen LogP contribution >= 0.6 is 0 Å². The van der Waals surface area contributed by atoms with Gasteiger partial charge in [-0.05, 0) is 18.2 Å². The Balaban J connectivity index is 2.82. The van der Waals surface area contributed by atoms with E-state index in [-0.39, 0.29) is 17.0 Å². The highest BCUT2D eigenvalue weighted by Gasteiger charge is 2.12. The van der Waals surface area contributed by atoms with Gasteiger partial charge in [-0.1, -0.05) is 0 Å². The van der Waals surface area contributed by atoms with Crippen LogP contribution in [0.1, 0.15) is 10.4 Å². The van der Waals surface area contributed by atoms with E-state index < -0.39 is 25.0 Å². The molecule has 1 rings (SSSR count). The van der Waals surface area contributed by atoms with Gasteiger partial charge in [-0.3, -0.25) is 0 Å². The Morgan fingerprint density at radius 3 is 2.63 bits per heavy atom. The minimum Gasteiger partial charge on any atom is -0.495 e. The third kappa shape index (κ3) is 4.41. The van der Waals surface area contributed by atoms with Crippen molar-refractivity contribution in [1.29, 1.82) is 0 Å². The number of halogens is 2. The number of alkyl halides is 2. The molecule has 0 saturated heterocycles. The van der Waals surface area contributed by atoms with Crippen molar-refractivity contribution in [2.45, 2.75) is 6.43 Å². The van der Waals surface area contributed by atoms with Gasteiger partial charge in [-0.2, -0.15) is 0 Å². The normalized spacial score (nSPS) is 10.1. The summed E-state index contributed by atoms with van der Waals surface area (Å²) in [6.45, 7) is -0.799. The van der Waals surface area contributed by atoms with Crippen LogP contribution in [0.2, 0.25) is 0 Å². The van der Waals surface area contributed by atoms with Crippen molar-refractivity contribution in [3.8, 4) is 5.75 Å². The summed E-state index contributed by atoms with van der Waals surface area (Å²) in [6.07, 6.45) is -2.67. The molecular weight excluding hydrogens is 262 g/mol. The Labute approximate surface area is 107 Å². The topological polar surface area (TPSA) is 87.7 Å². The van der Waals surface area contributed by atoms with Crippen LogP contribution in [0.15, 0.2) is 18.2 Å². The molecular formula is C11H12F2N2O4. The first kappa shape index (κ1) is 14.7. The Hall–Kier alpha value is -2.38. The lowest BCUT2D eigenvalue weighted by molar-refractivity contribution is 0.0697. The molecule has 0 fully saturated rings. The number of ether oxygens (including phenoxy) is 1. The van der Waals surface area contributed by atoms with Crippen LogP contribution in [0.25, 0.3) is 0 Å². The lowest BCUT2D eigenvalue weighted by Gasteiger charge is -2.11. The molecule has 0 spiro atoms. The van der Waals surface area contributed by atoms with Crippen LogP contribution in [0.5, 0.6) is 5.75 Å². The Morgan fingerprint density at radius 1 is 1.42 bits per heavy atom. The summed E-state index contributed by atoms with van der Waals surface area (Å²) in [4.78, 5) is 22.1. The highest BCUT2D eigenvalue weighted by molar-refractivity contribution is 5.94. The number of aromatic carboxylic acids is 1. The number of carboxylic acid groups (broad SMARTS) is 1. The molecule has 0 atom stereocenters. The highest BCUT2D eigenvalue weighted by Crippen LogP contribution is 2.25. The van der Waals surface area contributed by atoms with Crippen molar-refractivity contribution < 1.29 is 28.2 Å². The Bertz CT molecular complexity index is 480. The first-order valence-electron chi connectivity index (χ1n) is 5.18. The van der Waals surface area contributed by atoms with E-state index >= 15 is 0 Å². The number of hydrogen-bond donors (Lipinski definition) is 3. The summed E-state index contributed by atoms with van der Waals surface area (Å²) < 4.78 is 28.7. The zero-order valence-electron chi connectivity index (χ0n) is 9.94. The quantitative estimate of drug-likeness (QED) is 0.763. The number of carbonyl (C=O) groups excluding carboxylic acids is 1. The maximum absolute atomic E-state index is 11.9. The van der Waals surface area contributed by atoms with Gasteiger partial charge in [0, 0.05) is 0 Å². The summed E-state index contributed by atoms with van der Waals surface area (Å²) >= 11 is 0. The molecule has 0 saturated carbocycles. The lowest BCUT2D eigenvalue weighted by Crippen LogP contribution is -2.32. The number of amides is 2. The predicted molar refractivity (Wildman–Crippen MR) is 63.0 cm³/mol. The molecule has 19 heavy (non-hydrogen) atoms. The van der Waals surface area contributed by atoms with Gasteiger partial charge in [0.25, 0.3) is 6.43 Å². The second-order valence-electron chi connectivity index (χ2n) is 3.45. The van der Waals surface area contributed by atoms with Crippen molar-refractivity contribution in [1.82, 2.24) is 5.32 Å². The molecule has 1 aromatic rings. The first-order chi connectivity index (χ1) is 8.93. The van der Waals surface area contributed by atoms with Crippen molar-refractivity contribution in [2.75, 3.05) is 19.0 Å². The average Bonchev–Trinajstić information content (AvgIpc) is 2.36. The fourth-order valence-electron chi connectivity index (χ4n) is 1.28. The Kier molecular flexibility index (Phi) is 5.04. The summed E-state index contributed by atoms with van der Waals surface area (Å²) in [5, 5.41) is 13.0. The van der Waals surface area contributed by atoms with Crippen molar-refractivity contribution >= 4 is 17.7 Å². The standard InChI is InChI=1S/C11H12F2N2O4/c1-19-8-3-2-6(10(16)17)4-7(8)15-11(18)14-5-9(12)13/h2-4,9H,5H2,1H3,(H,16,17)(H2,14,15,18). The SMILES string of the molecule is COc1ccc(C(=O)O)cc1NC(=O)NCC(F)F. The number of carboxylic acids is 1. The maximum Gasteiger partial charge on any atom is 0.335 e. The average molecular weight is 274 g/mol.